The summed E-state index contributed by atoms with van der Waals surface area (Å²) in [5.74, 6) is 0.703. The number of rotatable bonds is 5. The van der Waals surface area contributed by atoms with E-state index in [1.165, 1.54) is 5.56 Å². The van der Waals surface area contributed by atoms with Crippen molar-refractivity contribution in [2.24, 2.45) is 4.99 Å². The molecule has 1 saturated heterocycles. The predicted octanol–water partition coefficient (Wildman–Crippen LogP) is 2.83. The molecule has 1 aromatic carbocycles. The summed E-state index contributed by atoms with van der Waals surface area (Å²) >= 11 is 0. The van der Waals surface area contributed by atoms with Crippen molar-refractivity contribution in [3.05, 3.63) is 53.9 Å². The van der Waals surface area contributed by atoms with E-state index in [1.54, 1.807) is 11.9 Å². The standard InChI is InChI=1S/C21H30N6O2.HI/c1-21(2,3)29-20(28)26-14-18(15-26)25-19(22-4)23-10-17-11-24-27(13-17)12-16-8-6-5-7-9-16;/h5-9,11,13,18H,10,12,14-15H2,1-4H3,(H2,22,23,25);1H. The van der Waals surface area contributed by atoms with Gasteiger partial charge in [0.1, 0.15) is 5.60 Å². The van der Waals surface area contributed by atoms with Gasteiger partial charge in [-0.25, -0.2) is 4.79 Å². The number of hydrogen-bond acceptors (Lipinski definition) is 4. The number of hydrogen-bond donors (Lipinski definition) is 2. The third-order valence-corrected chi connectivity index (χ3v) is 4.43. The number of carbonyl (C=O) groups is 1. The van der Waals surface area contributed by atoms with Crippen LogP contribution in [0.2, 0.25) is 0 Å². The summed E-state index contributed by atoms with van der Waals surface area (Å²) in [6.45, 7) is 8.18. The van der Waals surface area contributed by atoms with Gasteiger partial charge in [-0.2, -0.15) is 5.10 Å². The summed E-state index contributed by atoms with van der Waals surface area (Å²) < 4.78 is 7.30. The fraction of sp³-hybridized carbons (Fsp3) is 0.476. The van der Waals surface area contributed by atoms with Gasteiger partial charge in [0.2, 0.25) is 0 Å². The Balaban J connectivity index is 0.00000320. The lowest BCUT2D eigenvalue weighted by molar-refractivity contribution is 0.00701. The van der Waals surface area contributed by atoms with Gasteiger partial charge in [0.05, 0.1) is 18.8 Å². The fourth-order valence-electron chi connectivity index (χ4n) is 2.97. The highest BCUT2D eigenvalue weighted by Gasteiger charge is 2.34. The number of nitrogens with zero attached hydrogens (tertiary/aromatic N) is 4. The van der Waals surface area contributed by atoms with Crippen LogP contribution in [-0.2, 0) is 17.8 Å². The van der Waals surface area contributed by atoms with Crippen LogP contribution in [0.3, 0.4) is 0 Å². The number of carbonyl (C=O) groups excluding carboxylic acids is 1. The Morgan fingerprint density at radius 2 is 1.93 bits per heavy atom. The van der Waals surface area contributed by atoms with Gasteiger partial charge in [-0.05, 0) is 26.3 Å². The van der Waals surface area contributed by atoms with E-state index < -0.39 is 5.60 Å². The Hall–Kier alpha value is -2.30. The van der Waals surface area contributed by atoms with Crippen LogP contribution in [0.5, 0.6) is 0 Å². The molecule has 0 atom stereocenters. The van der Waals surface area contributed by atoms with Crippen LogP contribution in [0, 0.1) is 0 Å². The Labute approximate surface area is 195 Å². The van der Waals surface area contributed by atoms with E-state index >= 15 is 0 Å². The SMILES string of the molecule is CN=C(NCc1cnn(Cc2ccccc2)c1)NC1CN(C(=O)OC(C)(C)C)C1.I. The third kappa shape index (κ3) is 7.19. The Morgan fingerprint density at radius 3 is 2.57 bits per heavy atom. The number of guanidine groups is 1. The maximum Gasteiger partial charge on any atom is 0.410 e. The molecule has 2 aromatic rings. The summed E-state index contributed by atoms with van der Waals surface area (Å²) in [7, 11) is 1.73. The zero-order valence-electron chi connectivity index (χ0n) is 18.0. The number of aromatic nitrogens is 2. The Kier molecular flexibility index (Phi) is 8.51. The van der Waals surface area contributed by atoms with Crippen molar-refractivity contribution in [3.8, 4) is 0 Å². The molecule has 1 aliphatic rings. The summed E-state index contributed by atoms with van der Waals surface area (Å²) in [6, 6.07) is 10.4. The van der Waals surface area contributed by atoms with Crippen molar-refractivity contribution < 1.29 is 9.53 Å². The summed E-state index contributed by atoms with van der Waals surface area (Å²) in [4.78, 5) is 18.0. The van der Waals surface area contributed by atoms with Gasteiger partial charge in [0.15, 0.2) is 5.96 Å². The van der Waals surface area contributed by atoms with Crippen LogP contribution < -0.4 is 10.6 Å². The van der Waals surface area contributed by atoms with Crippen molar-refractivity contribution in [2.45, 2.75) is 45.5 Å². The lowest BCUT2D eigenvalue weighted by atomic mass is 10.1. The van der Waals surface area contributed by atoms with Crippen LogP contribution in [0.15, 0.2) is 47.7 Å². The van der Waals surface area contributed by atoms with Crippen molar-refractivity contribution in [3.63, 3.8) is 0 Å². The Morgan fingerprint density at radius 1 is 1.23 bits per heavy atom. The van der Waals surface area contributed by atoms with Crippen LogP contribution in [-0.4, -0.2) is 58.5 Å². The molecule has 0 spiro atoms. The monoisotopic (exact) mass is 526 g/mol. The van der Waals surface area contributed by atoms with E-state index in [0.29, 0.717) is 25.6 Å². The summed E-state index contributed by atoms with van der Waals surface area (Å²) in [6.07, 6.45) is 3.61. The largest absolute Gasteiger partial charge is 0.444 e. The molecule has 1 aliphatic heterocycles. The smallest absolute Gasteiger partial charge is 0.410 e. The second kappa shape index (κ2) is 10.6. The lowest BCUT2D eigenvalue weighted by Gasteiger charge is -2.40. The van der Waals surface area contributed by atoms with Crippen molar-refractivity contribution in [1.82, 2.24) is 25.3 Å². The van der Waals surface area contributed by atoms with Gasteiger partial charge >= 0.3 is 6.09 Å². The van der Waals surface area contributed by atoms with Crippen LogP contribution in [0.25, 0.3) is 0 Å². The van der Waals surface area contributed by atoms with Gasteiger partial charge < -0.3 is 20.3 Å². The van der Waals surface area contributed by atoms with Crippen molar-refractivity contribution in [2.75, 3.05) is 20.1 Å². The molecule has 164 valence electrons. The van der Waals surface area contributed by atoms with Crippen LogP contribution in [0.1, 0.15) is 31.9 Å². The van der Waals surface area contributed by atoms with E-state index in [1.807, 2.05) is 56.0 Å². The number of likely N-dealkylation sites (tertiary alicyclic amines) is 1. The molecule has 8 nitrogen and oxygen atoms in total. The first-order chi connectivity index (χ1) is 13.8. The van der Waals surface area contributed by atoms with Gasteiger partial charge in [-0.1, -0.05) is 30.3 Å². The second-order valence-electron chi connectivity index (χ2n) is 8.18. The Bertz CT molecular complexity index is 841. The average Bonchev–Trinajstić information content (AvgIpc) is 3.06. The van der Waals surface area contributed by atoms with Gasteiger partial charge in [0.25, 0.3) is 0 Å². The molecule has 0 unspecified atom stereocenters. The highest BCUT2D eigenvalue weighted by molar-refractivity contribution is 14.0. The highest BCUT2D eigenvalue weighted by atomic mass is 127. The van der Waals surface area contributed by atoms with Crippen LogP contribution in [0.4, 0.5) is 4.79 Å². The summed E-state index contributed by atoms with van der Waals surface area (Å²) in [5.41, 5.74) is 1.82. The van der Waals surface area contributed by atoms with E-state index in [-0.39, 0.29) is 36.1 Å². The molecule has 9 heteroatoms. The maximum absolute atomic E-state index is 12.0. The van der Waals surface area contributed by atoms with Gasteiger partial charge in [0, 0.05) is 38.4 Å². The summed E-state index contributed by atoms with van der Waals surface area (Å²) in [5, 5.41) is 11.0. The number of halogens is 1. The molecule has 1 fully saturated rings. The van der Waals surface area contributed by atoms with E-state index in [0.717, 1.165) is 12.1 Å². The molecule has 3 rings (SSSR count). The molecule has 2 heterocycles. The number of ether oxygens (including phenoxy) is 1. The minimum atomic E-state index is -0.474. The number of nitrogens with one attached hydrogen (secondary N) is 2. The molecule has 0 bridgehead atoms. The lowest BCUT2D eigenvalue weighted by Crippen LogP contribution is -2.63. The fourth-order valence-corrected chi connectivity index (χ4v) is 2.97. The molecule has 1 aromatic heterocycles. The topological polar surface area (TPSA) is 83.8 Å². The molecular weight excluding hydrogens is 495 g/mol. The second-order valence-corrected chi connectivity index (χ2v) is 8.18. The first-order valence-corrected chi connectivity index (χ1v) is 9.83. The number of amides is 1. The minimum Gasteiger partial charge on any atom is -0.444 e. The predicted molar refractivity (Wildman–Crippen MR) is 128 cm³/mol. The van der Waals surface area contributed by atoms with Crippen LogP contribution >= 0.6 is 24.0 Å². The third-order valence-electron chi connectivity index (χ3n) is 4.43. The van der Waals surface area contributed by atoms with E-state index in [2.05, 4.69) is 32.9 Å². The van der Waals surface area contributed by atoms with Gasteiger partial charge in [-0.15, -0.1) is 24.0 Å². The maximum atomic E-state index is 12.0. The molecule has 0 saturated carbocycles. The number of aliphatic imine (C=N–C) groups is 1. The quantitative estimate of drug-likeness (QED) is 0.356. The van der Waals surface area contributed by atoms with E-state index in [4.69, 9.17) is 4.74 Å². The number of benzene rings is 1. The zero-order valence-corrected chi connectivity index (χ0v) is 20.3. The zero-order chi connectivity index (χ0) is 20.9. The molecule has 0 aliphatic carbocycles. The van der Waals surface area contributed by atoms with E-state index in [9.17, 15) is 4.79 Å². The minimum absolute atomic E-state index is 0. The molecule has 0 radical (unpaired) electrons. The molecule has 30 heavy (non-hydrogen) atoms. The normalized spacial score (nSPS) is 14.5. The molecule has 2 N–H and O–H groups in total. The van der Waals surface area contributed by atoms with Gasteiger partial charge in [-0.3, -0.25) is 9.67 Å². The first-order valence-electron chi connectivity index (χ1n) is 9.83. The molecule has 1 amide bonds. The highest BCUT2D eigenvalue weighted by Crippen LogP contribution is 2.15. The molecular formula is C21H31IN6O2. The van der Waals surface area contributed by atoms with Crippen molar-refractivity contribution >= 4 is 36.0 Å². The first kappa shape index (κ1) is 24.0. The van der Waals surface area contributed by atoms with Crippen molar-refractivity contribution in [1.29, 1.82) is 0 Å². The average molecular weight is 526 g/mol.